The maximum atomic E-state index is 12.1. The van der Waals surface area contributed by atoms with Gasteiger partial charge in [0.25, 0.3) is 0 Å². The number of hydrogen-bond acceptors (Lipinski definition) is 2. The van der Waals surface area contributed by atoms with Crippen molar-refractivity contribution in [1.82, 2.24) is 4.90 Å². The second kappa shape index (κ2) is 7.91. The molecule has 0 heterocycles. The summed E-state index contributed by atoms with van der Waals surface area (Å²) in [6, 6.07) is 0.167. The van der Waals surface area contributed by atoms with Crippen LogP contribution in [0, 0.1) is 5.92 Å². The molecule has 0 aromatic carbocycles. The molecule has 0 aromatic rings. The largest absolute Gasteiger partial charge is 0.342 e. The minimum atomic E-state index is 0. The summed E-state index contributed by atoms with van der Waals surface area (Å²) in [6.07, 6.45) is 7.14. The van der Waals surface area contributed by atoms with Gasteiger partial charge in [-0.15, -0.1) is 12.4 Å². The molecule has 1 fully saturated rings. The summed E-state index contributed by atoms with van der Waals surface area (Å²) in [5, 5.41) is 0. The predicted octanol–water partition coefficient (Wildman–Crippen LogP) is 2.18. The molecule has 16 heavy (non-hydrogen) atoms. The number of carbonyl (C=O) groups is 1. The number of hydrogen-bond donors (Lipinski definition) is 1. The first-order valence-corrected chi connectivity index (χ1v) is 6.13. The number of rotatable bonds is 3. The van der Waals surface area contributed by atoms with Gasteiger partial charge in [0.15, 0.2) is 0 Å². The summed E-state index contributed by atoms with van der Waals surface area (Å²) in [6.45, 7) is 2.56. The highest BCUT2D eigenvalue weighted by molar-refractivity contribution is 5.85. The highest BCUT2D eigenvalue weighted by Crippen LogP contribution is 2.24. The zero-order chi connectivity index (χ0) is 11.3. The van der Waals surface area contributed by atoms with Crippen molar-refractivity contribution in [3.05, 3.63) is 0 Å². The predicted molar refractivity (Wildman–Crippen MR) is 69.7 cm³/mol. The molecule has 96 valence electrons. The summed E-state index contributed by atoms with van der Waals surface area (Å²) in [5.74, 6) is 0.557. The number of nitrogens with zero attached hydrogens (tertiary/aromatic N) is 1. The molecule has 1 rings (SSSR count). The lowest BCUT2D eigenvalue weighted by molar-refractivity contribution is -0.136. The zero-order valence-corrected chi connectivity index (χ0v) is 11.3. The van der Waals surface area contributed by atoms with Gasteiger partial charge in [0.05, 0.1) is 0 Å². The summed E-state index contributed by atoms with van der Waals surface area (Å²) >= 11 is 0. The van der Waals surface area contributed by atoms with Crippen molar-refractivity contribution in [1.29, 1.82) is 0 Å². The van der Waals surface area contributed by atoms with E-state index in [4.69, 9.17) is 5.73 Å². The molecule has 0 spiro atoms. The van der Waals surface area contributed by atoms with E-state index in [1.165, 1.54) is 25.7 Å². The average Bonchev–Trinajstić information content (AvgIpc) is 2.54. The van der Waals surface area contributed by atoms with Gasteiger partial charge in [-0.2, -0.15) is 0 Å². The molecule has 0 bridgehead atoms. The zero-order valence-electron chi connectivity index (χ0n) is 10.4. The van der Waals surface area contributed by atoms with Gasteiger partial charge in [0.1, 0.15) is 0 Å². The Labute approximate surface area is 105 Å². The van der Waals surface area contributed by atoms with Gasteiger partial charge in [-0.3, -0.25) is 4.79 Å². The van der Waals surface area contributed by atoms with Gasteiger partial charge in [-0.05, 0) is 19.8 Å². The maximum Gasteiger partial charge on any atom is 0.225 e. The van der Waals surface area contributed by atoms with Crippen molar-refractivity contribution >= 4 is 18.3 Å². The Kier molecular flexibility index (Phi) is 7.77. The SMILES string of the molecule is CC(CN)N(C)C(=O)C1CCCCCC1.Cl. The smallest absolute Gasteiger partial charge is 0.225 e. The van der Waals surface area contributed by atoms with Gasteiger partial charge >= 0.3 is 0 Å². The molecular formula is C12H25ClN2O. The van der Waals surface area contributed by atoms with Crippen LogP contribution in [0.4, 0.5) is 0 Å². The van der Waals surface area contributed by atoms with E-state index in [9.17, 15) is 4.79 Å². The van der Waals surface area contributed by atoms with E-state index in [0.29, 0.717) is 12.5 Å². The highest BCUT2D eigenvalue weighted by atomic mass is 35.5. The van der Waals surface area contributed by atoms with Crippen LogP contribution in [0.15, 0.2) is 0 Å². The monoisotopic (exact) mass is 248 g/mol. The van der Waals surface area contributed by atoms with Gasteiger partial charge in [0.2, 0.25) is 5.91 Å². The lowest BCUT2D eigenvalue weighted by atomic mass is 9.98. The van der Waals surface area contributed by atoms with Crippen LogP contribution >= 0.6 is 12.4 Å². The second-order valence-electron chi connectivity index (χ2n) is 4.72. The number of nitrogens with two attached hydrogens (primary N) is 1. The van der Waals surface area contributed by atoms with Crippen LogP contribution in [-0.4, -0.2) is 30.4 Å². The highest BCUT2D eigenvalue weighted by Gasteiger charge is 2.24. The summed E-state index contributed by atoms with van der Waals surface area (Å²) in [4.78, 5) is 14.0. The molecular weight excluding hydrogens is 224 g/mol. The minimum absolute atomic E-state index is 0. The molecule has 0 aromatic heterocycles. The van der Waals surface area contributed by atoms with Crippen molar-refractivity contribution < 1.29 is 4.79 Å². The van der Waals surface area contributed by atoms with Gasteiger partial charge in [0, 0.05) is 25.6 Å². The topological polar surface area (TPSA) is 46.3 Å². The van der Waals surface area contributed by atoms with E-state index in [-0.39, 0.29) is 24.4 Å². The van der Waals surface area contributed by atoms with Crippen molar-refractivity contribution in [3.8, 4) is 0 Å². The third-order valence-corrected chi connectivity index (χ3v) is 3.55. The molecule has 1 amide bonds. The molecule has 0 radical (unpaired) electrons. The normalized spacial score (nSPS) is 19.4. The first-order chi connectivity index (χ1) is 7.16. The molecule has 1 unspecified atom stereocenters. The minimum Gasteiger partial charge on any atom is -0.342 e. The van der Waals surface area contributed by atoms with Crippen LogP contribution in [0.2, 0.25) is 0 Å². The van der Waals surface area contributed by atoms with Crippen LogP contribution in [0.25, 0.3) is 0 Å². The Morgan fingerprint density at radius 1 is 1.31 bits per heavy atom. The molecule has 0 saturated heterocycles. The van der Waals surface area contributed by atoms with Crippen LogP contribution in [-0.2, 0) is 4.79 Å². The van der Waals surface area contributed by atoms with Gasteiger partial charge in [-0.1, -0.05) is 25.7 Å². The third kappa shape index (κ3) is 4.30. The maximum absolute atomic E-state index is 12.1. The van der Waals surface area contributed by atoms with Crippen LogP contribution in [0.3, 0.4) is 0 Å². The molecule has 2 N–H and O–H groups in total. The van der Waals surface area contributed by atoms with E-state index < -0.39 is 0 Å². The Balaban J connectivity index is 0.00000225. The fraction of sp³-hybridized carbons (Fsp3) is 0.917. The molecule has 0 aliphatic heterocycles. The number of halogens is 1. The Morgan fingerprint density at radius 2 is 1.81 bits per heavy atom. The summed E-state index contributed by atoms with van der Waals surface area (Å²) in [5.41, 5.74) is 5.58. The molecule has 3 nitrogen and oxygen atoms in total. The van der Waals surface area contributed by atoms with Crippen molar-refractivity contribution in [2.24, 2.45) is 11.7 Å². The fourth-order valence-corrected chi connectivity index (χ4v) is 2.19. The Hall–Kier alpha value is -0.280. The first-order valence-electron chi connectivity index (χ1n) is 6.13. The standard InChI is InChI=1S/C12H24N2O.ClH/c1-10(9-13)14(2)12(15)11-7-5-3-4-6-8-11;/h10-11H,3-9,13H2,1-2H3;1H. The van der Waals surface area contributed by atoms with Crippen molar-refractivity contribution in [2.75, 3.05) is 13.6 Å². The van der Waals surface area contributed by atoms with Crippen LogP contribution in [0.1, 0.15) is 45.4 Å². The molecule has 1 aliphatic carbocycles. The van der Waals surface area contributed by atoms with Crippen LogP contribution < -0.4 is 5.73 Å². The third-order valence-electron chi connectivity index (χ3n) is 3.55. The van der Waals surface area contributed by atoms with E-state index in [1.807, 2.05) is 18.9 Å². The second-order valence-corrected chi connectivity index (χ2v) is 4.72. The average molecular weight is 249 g/mol. The van der Waals surface area contributed by atoms with E-state index >= 15 is 0 Å². The number of amides is 1. The number of carbonyl (C=O) groups excluding carboxylic acids is 1. The quantitative estimate of drug-likeness (QED) is 0.779. The first kappa shape index (κ1) is 15.7. The van der Waals surface area contributed by atoms with Crippen LogP contribution in [0.5, 0.6) is 0 Å². The lowest BCUT2D eigenvalue weighted by Crippen LogP contribution is -2.42. The van der Waals surface area contributed by atoms with Crippen molar-refractivity contribution in [3.63, 3.8) is 0 Å². The van der Waals surface area contributed by atoms with Crippen molar-refractivity contribution in [2.45, 2.75) is 51.5 Å². The Morgan fingerprint density at radius 3 is 2.25 bits per heavy atom. The number of likely N-dealkylation sites (N-methyl/N-ethyl adjacent to an activating group) is 1. The molecule has 1 aliphatic rings. The van der Waals surface area contributed by atoms with E-state index in [0.717, 1.165) is 12.8 Å². The lowest BCUT2D eigenvalue weighted by Gasteiger charge is -2.27. The van der Waals surface area contributed by atoms with E-state index in [2.05, 4.69) is 0 Å². The molecule has 1 atom stereocenters. The summed E-state index contributed by atoms with van der Waals surface area (Å²) < 4.78 is 0. The molecule has 4 heteroatoms. The molecule has 1 saturated carbocycles. The van der Waals surface area contributed by atoms with Gasteiger partial charge < -0.3 is 10.6 Å². The van der Waals surface area contributed by atoms with E-state index in [1.54, 1.807) is 0 Å². The Bertz CT molecular complexity index is 203. The summed E-state index contributed by atoms with van der Waals surface area (Å²) in [7, 11) is 1.88. The fourth-order valence-electron chi connectivity index (χ4n) is 2.19. The van der Waals surface area contributed by atoms with Gasteiger partial charge in [-0.25, -0.2) is 0 Å².